The number of ether oxygens (including phenoxy) is 2. The van der Waals surface area contributed by atoms with Crippen LogP contribution >= 0.6 is 0 Å². The smallest absolute Gasteiger partial charge is 0.0898 e. The van der Waals surface area contributed by atoms with Gasteiger partial charge in [-0.15, -0.1) is 0 Å². The molecular weight excluding hydrogens is 200 g/mol. The third kappa shape index (κ3) is 0.702. The third-order valence-electron chi connectivity index (χ3n) is 4.61. The fourth-order valence-electron chi connectivity index (χ4n) is 4.05. The van der Waals surface area contributed by atoms with Crippen molar-refractivity contribution in [2.45, 2.75) is 24.4 Å². The quantitative estimate of drug-likeness (QED) is 0.615. The van der Waals surface area contributed by atoms with Gasteiger partial charge in [-0.3, -0.25) is 0 Å². The van der Waals surface area contributed by atoms with Gasteiger partial charge in [0.05, 0.1) is 24.4 Å². The number of hydrogen-bond donors (Lipinski definition) is 0. The van der Waals surface area contributed by atoms with Crippen molar-refractivity contribution in [3.63, 3.8) is 0 Å². The van der Waals surface area contributed by atoms with Gasteiger partial charge in [-0.05, 0) is 11.1 Å². The van der Waals surface area contributed by atoms with Crippen LogP contribution in [0.2, 0.25) is 0 Å². The summed E-state index contributed by atoms with van der Waals surface area (Å²) >= 11 is 0. The number of fused-ring (bicyclic) bond motifs is 12. The lowest BCUT2D eigenvalue weighted by atomic mass is 9.71. The summed E-state index contributed by atoms with van der Waals surface area (Å²) in [5.41, 5.74) is 2.80. The maximum Gasteiger partial charge on any atom is 0.0898 e. The summed E-state index contributed by atoms with van der Waals surface area (Å²) in [4.78, 5) is 0. The molecule has 0 spiro atoms. The van der Waals surface area contributed by atoms with Crippen LogP contribution in [-0.2, 0) is 9.47 Å². The van der Waals surface area contributed by atoms with E-state index in [0.717, 1.165) is 0 Å². The predicted molar refractivity (Wildman–Crippen MR) is 57.8 cm³/mol. The van der Waals surface area contributed by atoms with Crippen LogP contribution in [0.3, 0.4) is 0 Å². The Bertz CT molecular complexity index is 464. The molecule has 0 saturated carbocycles. The highest BCUT2D eigenvalue weighted by molar-refractivity contribution is 5.42. The van der Waals surface area contributed by atoms with E-state index < -0.39 is 0 Å². The summed E-state index contributed by atoms with van der Waals surface area (Å²) in [7, 11) is 0. The van der Waals surface area contributed by atoms with Gasteiger partial charge in [-0.1, -0.05) is 36.4 Å². The highest BCUT2D eigenvalue weighted by atomic mass is 16.5. The minimum absolute atomic E-state index is 0.283. The fraction of sp³-hybridized carbons (Fsp3) is 0.429. The first-order valence-electron chi connectivity index (χ1n) is 6.01. The molecule has 1 aromatic carbocycles. The van der Waals surface area contributed by atoms with Gasteiger partial charge in [-0.2, -0.15) is 0 Å². The molecule has 2 saturated heterocycles. The van der Waals surface area contributed by atoms with Gasteiger partial charge in [0.15, 0.2) is 0 Å². The highest BCUT2D eigenvalue weighted by Crippen LogP contribution is 2.64. The maximum atomic E-state index is 6.17. The van der Waals surface area contributed by atoms with Gasteiger partial charge in [0.1, 0.15) is 0 Å². The Labute approximate surface area is 93.9 Å². The standard InChI is InChI=1S/C14H12O2/c1-2-4-8-7(3-1)13-11-9-5-6-10(15-9)12(11)14(8)16-13/h1-6,9-14H/t9-,10+,11-,12+,13+,14-. The number of benzene rings is 1. The molecule has 2 heteroatoms. The summed E-state index contributed by atoms with van der Waals surface area (Å²) in [5.74, 6) is 1.13. The van der Waals surface area contributed by atoms with Crippen LogP contribution in [0.25, 0.3) is 0 Å². The van der Waals surface area contributed by atoms with Crippen LogP contribution in [0.1, 0.15) is 23.3 Å². The zero-order valence-corrected chi connectivity index (χ0v) is 8.74. The van der Waals surface area contributed by atoms with Gasteiger partial charge in [0, 0.05) is 11.8 Å². The van der Waals surface area contributed by atoms with Crippen molar-refractivity contribution in [3.8, 4) is 0 Å². The normalized spacial score (nSPS) is 49.8. The average molecular weight is 212 g/mol. The van der Waals surface area contributed by atoms with Crippen LogP contribution in [-0.4, -0.2) is 12.2 Å². The Morgan fingerprint density at radius 3 is 1.88 bits per heavy atom. The zero-order chi connectivity index (χ0) is 10.3. The molecule has 4 aliphatic heterocycles. The van der Waals surface area contributed by atoms with Crippen molar-refractivity contribution in [1.82, 2.24) is 0 Å². The fourth-order valence-corrected chi connectivity index (χ4v) is 4.05. The van der Waals surface area contributed by atoms with E-state index in [1.807, 2.05) is 0 Å². The van der Waals surface area contributed by atoms with Crippen LogP contribution in [0, 0.1) is 11.8 Å². The van der Waals surface area contributed by atoms with E-state index in [0.29, 0.717) is 24.0 Å². The Kier molecular flexibility index (Phi) is 1.21. The zero-order valence-electron chi connectivity index (χ0n) is 8.74. The second-order valence-electron chi connectivity index (χ2n) is 5.21. The molecule has 2 nitrogen and oxygen atoms in total. The second-order valence-corrected chi connectivity index (χ2v) is 5.21. The summed E-state index contributed by atoms with van der Waals surface area (Å²) in [6.07, 6.45) is 5.62. The lowest BCUT2D eigenvalue weighted by Gasteiger charge is -2.27. The molecule has 1 aromatic rings. The molecule has 80 valence electrons. The average Bonchev–Trinajstić information content (AvgIpc) is 3.07. The van der Waals surface area contributed by atoms with Crippen molar-refractivity contribution >= 4 is 0 Å². The van der Waals surface area contributed by atoms with E-state index >= 15 is 0 Å². The van der Waals surface area contributed by atoms with E-state index in [1.54, 1.807) is 0 Å². The second kappa shape index (κ2) is 2.41. The predicted octanol–water partition coefficient (Wildman–Crippen LogP) is 2.38. The largest absolute Gasteiger partial charge is 0.366 e. The molecule has 4 heterocycles. The minimum atomic E-state index is 0.283. The molecule has 6 atom stereocenters. The van der Waals surface area contributed by atoms with Gasteiger partial charge >= 0.3 is 0 Å². The van der Waals surface area contributed by atoms with Crippen molar-refractivity contribution in [1.29, 1.82) is 0 Å². The molecule has 4 bridgehead atoms. The first kappa shape index (κ1) is 8.04. The molecule has 0 N–H and O–H groups in total. The van der Waals surface area contributed by atoms with E-state index in [4.69, 9.17) is 9.47 Å². The van der Waals surface area contributed by atoms with Gasteiger partial charge in [0.2, 0.25) is 0 Å². The molecule has 0 aliphatic carbocycles. The lowest BCUT2D eigenvalue weighted by molar-refractivity contribution is -0.00569. The van der Waals surface area contributed by atoms with Gasteiger partial charge in [0.25, 0.3) is 0 Å². The highest BCUT2D eigenvalue weighted by Gasteiger charge is 2.62. The summed E-state index contributed by atoms with van der Waals surface area (Å²) < 4.78 is 12.1. The number of rotatable bonds is 0. The Morgan fingerprint density at radius 1 is 0.750 bits per heavy atom. The monoisotopic (exact) mass is 212 g/mol. The van der Waals surface area contributed by atoms with Crippen LogP contribution in [0.4, 0.5) is 0 Å². The number of hydrogen-bond acceptors (Lipinski definition) is 2. The van der Waals surface area contributed by atoms with Crippen molar-refractivity contribution < 1.29 is 9.47 Å². The van der Waals surface area contributed by atoms with Crippen molar-refractivity contribution in [2.75, 3.05) is 0 Å². The maximum absolute atomic E-state index is 6.17. The Balaban J connectivity index is 1.73. The van der Waals surface area contributed by atoms with Crippen LogP contribution in [0.5, 0.6) is 0 Å². The first-order chi connectivity index (χ1) is 7.93. The van der Waals surface area contributed by atoms with Crippen LogP contribution < -0.4 is 0 Å². The van der Waals surface area contributed by atoms with Crippen molar-refractivity contribution in [3.05, 3.63) is 47.5 Å². The summed E-state index contributed by atoms with van der Waals surface area (Å²) in [6, 6.07) is 8.65. The first-order valence-corrected chi connectivity index (χ1v) is 6.01. The molecule has 0 aromatic heterocycles. The van der Waals surface area contributed by atoms with E-state index in [-0.39, 0.29) is 12.2 Å². The van der Waals surface area contributed by atoms with E-state index in [2.05, 4.69) is 36.4 Å². The van der Waals surface area contributed by atoms with Gasteiger partial charge in [-0.25, -0.2) is 0 Å². The molecule has 2 fully saturated rings. The lowest BCUT2D eigenvalue weighted by Crippen LogP contribution is -2.28. The Morgan fingerprint density at radius 2 is 1.31 bits per heavy atom. The SMILES string of the molecule is C1=C[C@H]2O[C@@H]1[C@H]1[C@@H]2[C@H]2O[C@@H]1c1ccccc12. The molecule has 0 amide bonds. The van der Waals surface area contributed by atoms with Gasteiger partial charge < -0.3 is 9.47 Å². The molecule has 5 rings (SSSR count). The Hall–Kier alpha value is -1.12. The summed E-state index contributed by atoms with van der Waals surface area (Å²) in [5, 5.41) is 0. The molecular formula is C14H12O2. The summed E-state index contributed by atoms with van der Waals surface area (Å²) in [6.45, 7) is 0. The molecule has 4 aliphatic rings. The van der Waals surface area contributed by atoms with E-state index in [1.165, 1.54) is 11.1 Å². The molecule has 0 radical (unpaired) electrons. The third-order valence-corrected chi connectivity index (χ3v) is 4.61. The molecule has 16 heavy (non-hydrogen) atoms. The van der Waals surface area contributed by atoms with E-state index in [9.17, 15) is 0 Å². The topological polar surface area (TPSA) is 18.5 Å². The van der Waals surface area contributed by atoms with Crippen LogP contribution in [0.15, 0.2) is 36.4 Å². The van der Waals surface area contributed by atoms with Crippen molar-refractivity contribution in [2.24, 2.45) is 11.8 Å². The molecule has 0 unspecified atom stereocenters. The minimum Gasteiger partial charge on any atom is -0.366 e.